The van der Waals surface area contributed by atoms with Gasteiger partial charge >= 0.3 is 0 Å². The molecule has 0 saturated heterocycles. The molecule has 4 heteroatoms. The summed E-state index contributed by atoms with van der Waals surface area (Å²) in [6, 6.07) is 66.8. The third-order valence-electron chi connectivity index (χ3n) is 13.6. The Morgan fingerprint density at radius 1 is 0.318 bits per heavy atom. The summed E-state index contributed by atoms with van der Waals surface area (Å²) in [4.78, 5) is 0. The lowest BCUT2D eigenvalue weighted by Gasteiger charge is -2.13. The van der Waals surface area contributed by atoms with Gasteiger partial charge in [0.2, 0.25) is 0 Å². The molecular formula is C62H46N4. The van der Waals surface area contributed by atoms with E-state index in [0.717, 1.165) is 34.1 Å². The quantitative estimate of drug-likeness (QED) is 0.129. The Morgan fingerprint density at radius 2 is 0.606 bits per heavy atom. The molecule has 0 aliphatic rings. The van der Waals surface area contributed by atoms with Crippen molar-refractivity contribution in [1.29, 1.82) is 0 Å². The van der Waals surface area contributed by atoms with Crippen LogP contribution < -0.4 is 0 Å². The van der Waals surface area contributed by atoms with Gasteiger partial charge in [-0.1, -0.05) is 122 Å². The summed E-state index contributed by atoms with van der Waals surface area (Å²) in [5, 5.41) is 7.46. The van der Waals surface area contributed by atoms with Crippen LogP contribution in [0, 0.1) is 13.8 Å². The summed E-state index contributed by atoms with van der Waals surface area (Å²) in [6.07, 6.45) is 11.9. The number of allylic oxidation sites excluding steroid dienone is 4. The van der Waals surface area contributed by atoms with Gasteiger partial charge in [0.15, 0.2) is 0 Å². The summed E-state index contributed by atoms with van der Waals surface area (Å²) < 4.78 is 9.50. The largest absolute Gasteiger partial charge is 0.310 e. The normalized spacial score (nSPS) is 12.1. The maximum absolute atomic E-state index is 3.93. The molecule has 0 bridgehead atoms. The number of para-hydroxylation sites is 4. The minimum absolute atomic E-state index is 1.10. The molecule has 12 rings (SSSR count). The smallest absolute Gasteiger partial charge is 0.0541 e. The second-order valence-electron chi connectivity index (χ2n) is 17.1. The monoisotopic (exact) mass is 846 g/mol. The van der Waals surface area contributed by atoms with Crippen LogP contribution in [-0.2, 0) is 0 Å². The Kier molecular flexibility index (Phi) is 9.21. The molecule has 4 aromatic heterocycles. The molecule has 0 unspecified atom stereocenters. The van der Waals surface area contributed by atoms with Crippen LogP contribution in [0.1, 0.15) is 22.5 Å². The first-order valence-electron chi connectivity index (χ1n) is 22.6. The van der Waals surface area contributed by atoms with E-state index in [0.29, 0.717) is 0 Å². The molecule has 8 aromatic carbocycles. The highest BCUT2D eigenvalue weighted by Crippen LogP contribution is 2.40. The molecule has 0 aliphatic carbocycles. The summed E-state index contributed by atoms with van der Waals surface area (Å²) in [5.74, 6) is 0. The third kappa shape index (κ3) is 5.99. The fourth-order valence-corrected chi connectivity index (χ4v) is 10.4. The van der Waals surface area contributed by atoms with E-state index in [1.807, 2.05) is 24.3 Å². The maximum Gasteiger partial charge on any atom is 0.0541 e. The summed E-state index contributed by atoms with van der Waals surface area (Å²) in [6.45, 7) is 12.2. The van der Waals surface area contributed by atoms with Crippen LogP contribution in [0.25, 0.3) is 111 Å². The van der Waals surface area contributed by atoms with Gasteiger partial charge in [0.05, 0.1) is 33.1 Å². The highest BCUT2D eigenvalue weighted by Gasteiger charge is 2.19. The standard InChI is InChI=1S/C62H46N4/c1-5-7-21-55-41(3)42(4)56(22-8-6-2)63(55)45-29-31-47(32-30-45)65-59-25-15-11-19-51(59)53-39-43(27-37-61(53)65)44-28-38-62-54(40-44)52-20-12-16-26-60(52)66(62)48-35-33-46(34-36-48)64-57-23-13-9-17-49(57)50-18-10-14-24-58(50)64/h5-40H,1-2H2,3-4H3/b21-7-,22-8-. The predicted molar refractivity (Wildman–Crippen MR) is 282 cm³/mol. The first-order chi connectivity index (χ1) is 32.5. The molecule has 4 nitrogen and oxygen atoms in total. The number of rotatable bonds is 9. The average Bonchev–Trinajstić information content (AvgIpc) is 4.07. The van der Waals surface area contributed by atoms with E-state index in [2.05, 4.69) is 239 Å². The molecule has 0 radical (unpaired) electrons. The molecule has 0 atom stereocenters. The molecular weight excluding hydrogens is 801 g/mol. The van der Waals surface area contributed by atoms with E-state index in [9.17, 15) is 0 Å². The Morgan fingerprint density at radius 3 is 0.939 bits per heavy atom. The molecule has 0 saturated carbocycles. The van der Waals surface area contributed by atoms with Crippen LogP contribution in [0.3, 0.4) is 0 Å². The average molecular weight is 847 g/mol. The van der Waals surface area contributed by atoms with Crippen LogP contribution >= 0.6 is 0 Å². The Labute approximate surface area is 383 Å². The molecule has 0 fully saturated rings. The van der Waals surface area contributed by atoms with E-state index < -0.39 is 0 Å². The van der Waals surface area contributed by atoms with E-state index in [1.165, 1.54) is 87.7 Å². The minimum Gasteiger partial charge on any atom is -0.310 e. The van der Waals surface area contributed by atoms with Crippen LogP contribution in [0.4, 0.5) is 0 Å². The number of benzene rings is 8. The van der Waals surface area contributed by atoms with Crippen LogP contribution in [0.2, 0.25) is 0 Å². The van der Waals surface area contributed by atoms with Gasteiger partial charge in [0.1, 0.15) is 0 Å². The van der Waals surface area contributed by atoms with Crippen LogP contribution in [0.15, 0.2) is 219 Å². The van der Waals surface area contributed by atoms with Gasteiger partial charge in [-0.15, -0.1) is 0 Å². The summed E-state index contributed by atoms with van der Waals surface area (Å²) >= 11 is 0. The van der Waals surface area contributed by atoms with E-state index >= 15 is 0 Å². The van der Waals surface area contributed by atoms with Crippen molar-refractivity contribution in [2.24, 2.45) is 0 Å². The first kappa shape index (κ1) is 39.0. The van der Waals surface area contributed by atoms with Gasteiger partial charge in [-0.3, -0.25) is 0 Å². The fourth-order valence-electron chi connectivity index (χ4n) is 10.4. The third-order valence-corrected chi connectivity index (χ3v) is 13.6. The Balaban J connectivity index is 0.936. The van der Waals surface area contributed by atoms with Gasteiger partial charge in [-0.25, -0.2) is 0 Å². The predicted octanol–water partition coefficient (Wildman–Crippen LogP) is 16.5. The lowest BCUT2D eigenvalue weighted by molar-refractivity contribution is 1.03. The van der Waals surface area contributed by atoms with Crippen molar-refractivity contribution in [3.63, 3.8) is 0 Å². The zero-order valence-electron chi connectivity index (χ0n) is 37.0. The number of hydrogen-bond acceptors (Lipinski definition) is 0. The van der Waals surface area contributed by atoms with Gasteiger partial charge in [-0.05, 0) is 145 Å². The second-order valence-corrected chi connectivity index (χ2v) is 17.1. The van der Waals surface area contributed by atoms with Crippen molar-refractivity contribution in [1.82, 2.24) is 18.3 Å². The molecule has 12 aromatic rings. The lowest BCUT2D eigenvalue weighted by Crippen LogP contribution is -2.01. The number of hydrogen-bond donors (Lipinski definition) is 0. The van der Waals surface area contributed by atoms with Crippen molar-refractivity contribution in [2.45, 2.75) is 13.8 Å². The zero-order valence-corrected chi connectivity index (χ0v) is 37.0. The van der Waals surface area contributed by atoms with Crippen LogP contribution in [-0.4, -0.2) is 18.3 Å². The maximum atomic E-state index is 3.93. The molecule has 0 amide bonds. The SMILES string of the molecule is C=C/C=C\c1c(C)c(C)c(/C=C\C=C)n1-c1ccc(-n2c3ccccc3c3cc(-c4ccc5c(c4)c4ccccc4n5-c4ccc(-n5c6ccccc6c6ccccc65)cc4)ccc32)cc1. The van der Waals surface area contributed by atoms with Gasteiger partial charge in [0, 0.05) is 66.5 Å². The number of aromatic nitrogens is 4. The molecule has 314 valence electrons. The lowest BCUT2D eigenvalue weighted by atomic mass is 10.0. The van der Waals surface area contributed by atoms with Crippen molar-refractivity contribution < 1.29 is 0 Å². The zero-order chi connectivity index (χ0) is 44.5. The van der Waals surface area contributed by atoms with Crippen molar-refractivity contribution >= 4 is 77.6 Å². The highest BCUT2D eigenvalue weighted by molar-refractivity contribution is 6.13. The van der Waals surface area contributed by atoms with E-state index in [-0.39, 0.29) is 0 Å². The Bertz CT molecular complexity index is 3870. The van der Waals surface area contributed by atoms with Gasteiger partial charge < -0.3 is 18.3 Å². The second kappa shape index (κ2) is 15.6. The topological polar surface area (TPSA) is 19.7 Å². The van der Waals surface area contributed by atoms with Gasteiger partial charge in [-0.2, -0.15) is 0 Å². The van der Waals surface area contributed by atoms with Crippen molar-refractivity contribution in [3.05, 3.63) is 242 Å². The summed E-state index contributed by atoms with van der Waals surface area (Å²) in [5.41, 5.74) is 18.8. The molecule has 66 heavy (non-hydrogen) atoms. The van der Waals surface area contributed by atoms with Gasteiger partial charge in [0.25, 0.3) is 0 Å². The van der Waals surface area contributed by atoms with Crippen molar-refractivity contribution in [3.8, 4) is 33.9 Å². The van der Waals surface area contributed by atoms with E-state index in [1.54, 1.807) is 0 Å². The fraction of sp³-hybridized carbons (Fsp3) is 0.0323. The van der Waals surface area contributed by atoms with Crippen molar-refractivity contribution in [2.75, 3.05) is 0 Å². The Hall–Kier alpha value is -8.60. The molecule has 0 spiro atoms. The van der Waals surface area contributed by atoms with Crippen LogP contribution in [0.5, 0.6) is 0 Å². The summed E-state index contributed by atoms with van der Waals surface area (Å²) in [7, 11) is 0. The number of fused-ring (bicyclic) bond motifs is 9. The highest BCUT2D eigenvalue weighted by atomic mass is 15.0. The molecule has 4 heterocycles. The number of nitrogens with zero attached hydrogens (tertiary/aromatic N) is 4. The first-order valence-corrected chi connectivity index (χ1v) is 22.6. The molecule has 0 N–H and O–H groups in total. The van der Waals surface area contributed by atoms with E-state index in [4.69, 9.17) is 0 Å². The minimum atomic E-state index is 1.10. The molecule has 0 aliphatic heterocycles.